The molecule has 3 amide bonds. The number of carbonyl (C=O) groups is 2. The van der Waals surface area contributed by atoms with Gasteiger partial charge in [-0.3, -0.25) is 15.0 Å². The van der Waals surface area contributed by atoms with Crippen LogP contribution in [0.4, 0.5) is 4.79 Å². The number of hydrogen-bond acceptors (Lipinski definition) is 6. The summed E-state index contributed by atoms with van der Waals surface area (Å²) in [5, 5.41) is 3.73. The van der Waals surface area contributed by atoms with Crippen LogP contribution >= 0.6 is 23.2 Å². The Bertz CT molecular complexity index is 944. The number of benzene rings is 1. The van der Waals surface area contributed by atoms with Crippen LogP contribution in [0.25, 0.3) is 0 Å². The van der Waals surface area contributed by atoms with E-state index in [0.717, 1.165) is 49.8 Å². The lowest BCUT2D eigenvalue weighted by Gasteiger charge is -2.40. The number of aliphatic imine (C=N–C) groups is 1. The van der Waals surface area contributed by atoms with Gasteiger partial charge in [-0.05, 0) is 24.6 Å². The molecule has 0 radical (unpaired) electrons. The molecule has 3 aliphatic heterocycles. The van der Waals surface area contributed by atoms with Crippen molar-refractivity contribution < 1.29 is 9.59 Å². The number of piperazine rings is 1. The Balaban J connectivity index is 1.47. The smallest absolute Gasteiger partial charge is 0.325 e. The molecule has 2 atom stereocenters. The Hall–Kier alpha value is -2.29. The summed E-state index contributed by atoms with van der Waals surface area (Å²) in [7, 11) is 1.67. The minimum Gasteiger partial charge on any atom is -0.340 e. The van der Waals surface area contributed by atoms with E-state index in [0.29, 0.717) is 16.6 Å². The number of hydrogen-bond donors (Lipinski definition) is 1. The van der Waals surface area contributed by atoms with Gasteiger partial charge in [0, 0.05) is 56.4 Å². The van der Waals surface area contributed by atoms with E-state index in [1.54, 1.807) is 13.1 Å². The highest BCUT2D eigenvalue weighted by atomic mass is 35.5. The average molecular weight is 465 g/mol. The molecule has 0 aliphatic carbocycles. The van der Waals surface area contributed by atoms with Crippen molar-refractivity contribution in [1.29, 1.82) is 0 Å². The third-order valence-electron chi connectivity index (χ3n) is 5.84. The number of halogens is 2. The molecule has 1 aromatic rings. The molecule has 31 heavy (non-hydrogen) atoms. The molecule has 3 aliphatic rings. The summed E-state index contributed by atoms with van der Waals surface area (Å²) in [6, 6.07) is 4.62. The molecule has 0 aromatic heterocycles. The number of amides is 3. The lowest BCUT2D eigenvalue weighted by atomic mass is 10.1. The number of guanidine groups is 1. The van der Waals surface area contributed by atoms with Crippen LogP contribution in [-0.2, 0) is 11.3 Å². The molecule has 10 heteroatoms. The third kappa shape index (κ3) is 4.37. The molecular weight excluding hydrogens is 439 g/mol. The summed E-state index contributed by atoms with van der Waals surface area (Å²) < 4.78 is 0. The molecule has 1 aromatic carbocycles. The van der Waals surface area contributed by atoms with Crippen LogP contribution in [0.3, 0.4) is 0 Å². The number of urea groups is 1. The van der Waals surface area contributed by atoms with Gasteiger partial charge in [0.05, 0.1) is 0 Å². The number of rotatable bonds is 4. The van der Waals surface area contributed by atoms with Crippen LogP contribution < -0.4 is 5.32 Å². The Kier molecular flexibility index (Phi) is 6.14. The lowest BCUT2D eigenvalue weighted by Crippen LogP contribution is -2.64. The minimum absolute atomic E-state index is 0.316. The predicted molar refractivity (Wildman–Crippen MR) is 121 cm³/mol. The quantitative estimate of drug-likeness (QED) is 0.691. The summed E-state index contributed by atoms with van der Waals surface area (Å²) in [5.41, 5.74) is 1.97. The summed E-state index contributed by atoms with van der Waals surface area (Å²) in [5.74, 6) is 0.433. The summed E-state index contributed by atoms with van der Waals surface area (Å²) in [6.07, 6.45) is -0.526. The zero-order chi connectivity index (χ0) is 22.3. The first-order chi connectivity index (χ1) is 14.7. The topological polar surface area (TPSA) is 71.5 Å². The van der Waals surface area contributed by atoms with Crippen LogP contribution in [-0.4, -0.2) is 89.5 Å². The van der Waals surface area contributed by atoms with Gasteiger partial charge >= 0.3 is 6.03 Å². The van der Waals surface area contributed by atoms with Gasteiger partial charge in [-0.25, -0.2) is 9.79 Å². The van der Waals surface area contributed by atoms with Gasteiger partial charge in [-0.2, -0.15) is 0 Å². The van der Waals surface area contributed by atoms with Crippen LogP contribution in [0, 0.1) is 0 Å². The Morgan fingerprint density at radius 1 is 1.23 bits per heavy atom. The van der Waals surface area contributed by atoms with Gasteiger partial charge in [0.1, 0.15) is 0 Å². The summed E-state index contributed by atoms with van der Waals surface area (Å²) in [6.45, 7) is 10.4. The van der Waals surface area contributed by atoms with Crippen molar-refractivity contribution >= 4 is 41.1 Å². The van der Waals surface area contributed by atoms with Crippen molar-refractivity contribution in [3.8, 4) is 0 Å². The monoisotopic (exact) mass is 464 g/mol. The van der Waals surface area contributed by atoms with Crippen molar-refractivity contribution in [2.24, 2.45) is 4.99 Å². The van der Waals surface area contributed by atoms with E-state index in [9.17, 15) is 9.59 Å². The van der Waals surface area contributed by atoms with E-state index in [-0.39, 0.29) is 5.91 Å². The highest BCUT2D eigenvalue weighted by Crippen LogP contribution is 2.27. The molecule has 0 bridgehead atoms. The predicted octanol–water partition coefficient (Wildman–Crippen LogP) is 2.23. The fourth-order valence-corrected chi connectivity index (χ4v) is 4.70. The number of nitrogens with one attached hydrogen (secondary N) is 1. The van der Waals surface area contributed by atoms with E-state index in [1.807, 2.05) is 24.0 Å². The molecule has 2 saturated heterocycles. The van der Waals surface area contributed by atoms with Crippen LogP contribution in [0.1, 0.15) is 12.5 Å². The number of fused-ring (bicyclic) bond motifs is 1. The first-order valence-corrected chi connectivity index (χ1v) is 11.0. The first kappa shape index (κ1) is 21.9. The Labute approximate surface area is 192 Å². The van der Waals surface area contributed by atoms with Crippen LogP contribution in [0.15, 0.2) is 35.3 Å². The SMILES string of the molecule is C=C(C)CN1C(N2CCN(Cc3ccc(Cl)cc3Cl)CC2)=NC2C1C(=O)NC(=O)N2C. The molecule has 0 saturated carbocycles. The fraction of sp³-hybridized carbons (Fsp3) is 0.476. The molecule has 0 spiro atoms. The molecule has 8 nitrogen and oxygen atoms in total. The molecular formula is C21H26Cl2N6O2. The number of nitrogens with zero attached hydrogens (tertiary/aromatic N) is 5. The van der Waals surface area contributed by atoms with E-state index in [4.69, 9.17) is 28.2 Å². The second-order valence-corrected chi connectivity index (χ2v) is 9.12. The number of imide groups is 1. The molecule has 4 rings (SSSR count). The second-order valence-electron chi connectivity index (χ2n) is 8.28. The fourth-order valence-electron chi connectivity index (χ4n) is 4.23. The normalized spacial score (nSPS) is 24.3. The van der Waals surface area contributed by atoms with Crippen molar-refractivity contribution in [1.82, 2.24) is 24.9 Å². The highest BCUT2D eigenvalue weighted by Gasteiger charge is 2.49. The molecule has 166 valence electrons. The van der Waals surface area contributed by atoms with Crippen molar-refractivity contribution in [2.45, 2.75) is 25.7 Å². The Morgan fingerprint density at radius 3 is 2.58 bits per heavy atom. The van der Waals surface area contributed by atoms with Gasteiger partial charge in [-0.15, -0.1) is 0 Å². The van der Waals surface area contributed by atoms with E-state index in [2.05, 4.69) is 21.7 Å². The van der Waals surface area contributed by atoms with Crippen LogP contribution in [0.5, 0.6) is 0 Å². The maximum atomic E-state index is 12.6. The number of carbonyl (C=O) groups excluding carboxylic acids is 2. The number of likely N-dealkylation sites (N-methyl/N-ethyl adjacent to an activating group) is 1. The molecule has 3 heterocycles. The van der Waals surface area contributed by atoms with Gasteiger partial charge in [0.25, 0.3) is 5.91 Å². The van der Waals surface area contributed by atoms with Gasteiger partial charge in [0.15, 0.2) is 18.2 Å². The summed E-state index contributed by atoms with van der Waals surface area (Å²) in [4.78, 5) is 37.5. The van der Waals surface area contributed by atoms with E-state index in [1.165, 1.54) is 4.90 Å². The zero-order valence-electron chi connectivity index (χ0n) is 17.6. The van der Waals surface area contributed by atoms with E-state index >= 15 is 0 Å². The Morgan fingerprint density at radius 2 is 1.94 bits per heavy atom. The maximum Gasteiger partial charge on any atom is 0.325 e. The van der Waals surface area contributed by atoms with Gasteiger partial charge in [0.2, 0.25) is 0 Å². The average Bonchev–Trinajstić information content (AvgIpc) is 3.08. The van der Waals surface area contributed by atoms with E-state index < -0.39 is 18.2 Å². The molecule has 2 fully saturated rings. The largest absolute Gasteiger partial charge is 0.340 e. The molecule has 2 unspecified atom stereocenters. The van der Waals surface area contributed by atoms with Gasteiger partial charge < -0.3 is 14.7 Å². The molecule has 1 N–H and O–H groups in total. The zero-order valence-corrected chi connectivity index (χ0v) is 19.2. The van der Waals surface area contributed by atoms with Crippen molar-refractivity contribution in [3.63, 3.8) is 0 Å². The maximum absolute atomic E-state index is 12.6. The standard InChI is InChI=1S/C21H26Cl2N6O2/c1-13(2)11-29-17-18(26(3)21(31)25-19(17)30)24-20(29)28-8-6-27(7-9-28)12-14-4-5-15(22)10-16(14)23/h4-5,10,17-18H,1,6-9,11-12H2,2-3H3,(H,25,30,31). The first-order valence-electron chi connectivity index (χ1n) is 10.2. The highest BCUT2D eigenvalue weighted by molar-refractivity contribution is 6.35. The van der Waals surface area contributed by atoms with Crippen molar-refractivity contribution in [3.05, 3.63) is 46.0 Å². The second kappa shape index (κ2) is 8.68. The van der Waals surface area contributed by atoms with Gasteiger partial charge in [-0.1, -0.05) is 41.4 Å². The van der Waals surface area contributed by atoms with Crippen LogP contribution in [0.2, 0.25) is 10.0 Å². The summed E-state index contributed by atoms with van der Waals surface area (Å²) >= 11 is 12.3. The van der Waals surface area contributed by atoms with Crippen molar-refractivity contribution in [2.75, 3.05) is 39.8 Å². The lowest BCUT2D eigenvalue weighted by molar-refractivity contribution is -0.127. The third-order valence-corrected chi connectivity index (χ3v) is 6.43. The minimum atomic E-state index is -0.541.